The molecule has 214 valence electrons. The van der Waals surface area contributed by atoms with Gasteiger partial charge in [-0.3, -0.25) is 13.9 Å². The molecule has 0 spiro atoms. The molecule has 0 unspecified atom stereocenters. The topological polar surface area (TPSA) is 86.8 Å². The van der Waals surface area contributed by atoms with Crippen LogP contribution in [-0.4, -0.2) is 43.8 Å². The second-order valence-corrected chi connectivity index (χ2v) is 12.6. The van der Waals surface area contributed by atoms with Gasteiger partial charge in [0.25, 0.3) is 10.0 Å². The number of aryl methyl sites for hydroxylation is 1. The van der Waals surface area contributed by atoms with Gasteiger partial charge in [0.2, 0.25) is 11.8 Å². The highest BCUT2D eigenvalue weighted by Gasteiger charge is 2.33. The molecule has 2 atom stereocenters. The molecule has 0 saturated carbocycles. The Morgan fingerprint density at radius 3 is 2.23 bits per heavy atom. The van der Waals surface area contributed by atoms with Gasteiger partial charge >= 0.3 is 0 Å². The van der Waals surface area contributed by atoms with E-state index in [1.807, 2.05) is 20.8 Å². The summed E-state index contributed by atoms with van der Waals surface area (Å²) in [5, 5.41) is 3.77. The number of hydrogen-bond donors (Lipinski definition) is 1. The van der Waals surface area contributed by atoms with Crippen molar-refractivity contribution in [3.8, 4) is 0 Å². The summed E-state index contributed by atoms with van der Waals surface area (Å²) in [7, 11) is -4.18. The maximum atomic E-state index is 14.0. The molecule has 0 aliphatic heterocycles. The number of carbonyl (C=O) groups excluding carboxylic acids is 2. The number of anilines is 1. The van der Waals surface area contributed by atoms with E-state index in [-0.39, 0.29) is 29.1 Å². The Balaban J connectivity index is 2.07. The quantitative estimate of drug-likeness (QED) is 0.285. The van der Waals surface area contributed by atoms with E-state index in [1.54, 1.807) is 68.4 Å². The van der Waals surface area contributed by atoms with Gasteiger partial charge in [-0.05, 0) is 81.6 Å². The normalized spacial score (nSPS) is 12.9. The lowest BCUT2D eigenvalue weighted by molar-refractivity contribution is -0.139. The molecule has 0 fully saturated rings. The van der Waals surface area contributed by atoms with Gasteiger partial charge in [0.05, 0.1) is 10.6 Å². The molecule has 2 amide bonds. The van der Waals surface area contributed by atoms with Crippen molar-refractivity contribution in [2.75, 3.05) is 10.8 Å². The van der Waals surface area contributed by atoms with Crippen molar-refractivity contribution < 1.29 is 18.0 Å². The van der Waals surface area contributed by atoms with Crippen LogP contribution < -0.4 is 9.62 Å². The van der Waals surface area contributed by atoms with Crippen LogP contribution in [0, 0.1) is 13.8 Å². The van der Waals surface area contributed by atoms with Crippen LogP contribution in [0.1, 0.15) is 43.9 Å². The third-order valence-electron chi connectivity index (χ3n) is 6.81. The predicted molar refractivity (Wildman–Crippen MR) is 161 cm³/mol. The smallest absolute Gasteiger partial charge is 0.264 e. The zero-order valence-electron chi connectivity index (χ0n) is 23.3. The van der Waals surface area contributed by atoms with Gasteiger partial charge < -0.3 is 10.2 Å². The van der Waals surface area contributed by atoms with Crippen molar-refractivity contribution in [3.05, 3.63) is 93.5 Å². The largest absolute Gasteiger partial charge is 0.352 e. The number of nitrogens with zero attached hydrogens (tertiary/aromatic N) is 2. The SMILES string of the molecule is CC[C@@H](C)NC(=O)[C@H](C)N(Cc1cccc(Cl)c1)C(=O)CN(c1cccc(Cl)c1C)S(=O)(=O)c1ccc(C)cc1. The van der Waals surface area contributed by atoms with E-state index in [9.17, 15) is 18.0 Å². The molecular weight excluding hydrogens is 569 g/mol. The Labute approximate surface area is 247 Å². The zero-order valence-corrected chi connectivity index (χ0v) is 25.6. The molecule has 0 aliphatic rings. The minimum Gasteiger partial charge on any atom is -0.352 e. The van der Waals surface area contributed by atoms with E-state index in [2.05, 4.69) is 5.32 Å². The number of nitrogens with one attached hydrogen (secondary N) is 1. The Morgan fingerprint density at radius 2 is 1.60 bits per heavy atom. The van der Waals surface area contributed by atoms with Gasteiger partial charge in [-0.15, -0.1) is 0 Å². The molecule has 0 radical (unpaired) electrons. The van der Waals surface area contributed by atoms with Crippen molar-refractivity contribution in [2.45, 2.75) is 64.6 Å². The van der Waals surface area contributed by atoms with Crippen molar-refractivity contribution in [3.63, 3.8) is 0 Å². The highest BCUT2D eigenvalue weighted by Crippen LogP contribution is 2.31. The number of halogens is 2. The van der Waals surface area contributed by atoms with E-state index in [4.69, 9.17) is 23.2 Å². The number of rotatable bonds is 11. The van der Waals surface area contributed by atoms with Crippen molar-refractivity contribution >= 4 is 50.7 Å². The highest BCUT2D eigenvalue weighted by molar-refractivity contribution is 7.92. The molecule has 0 aliphatic carbocycles. The van der Waals surface area contributed by atoms with Crippen molar-refractivity contribution in [1.29, 1.82) is 0 Å². The lowest BCUT2D eigenvalue weighted by Crippen LogP contribution is -2.52. The van der Waals surface area contributed by atoms with Gasteiger partial charge in [-0.25, -0.2) is 8.42 Å². The van der Waals surface area contributed by atoms with Crippen LogP contribution in [0.25, 0.3) is 0 Å². The summed E-state index contributed by atoms with van der Waals surface area (Å²) >= 11 is 12.6. The minimum absolute atomic E-state index is 0.0363. The van der Waals surface area contributed by atoms with Gasteiger partial charge in [-0.2, -0.15) is 0 Å². The third kappa shape index (κ3) is 7.56. The van der Waals surface area contributed by atoms with Crippen LogP contribution in [0.2, 0.25) is 10.0 Å². The van der Waals surface area contributed by atoms with Gasteiger partial charge in [0, 0.05) is 22.6 Å². The average Bonchev–Trinajstić information content (AvgIpc) is 2.91. The third-order valence-corrected chi connectivity index (χ3v) is 9.22. The Morgan fingerprint density at radius 1 is 0.950 bits per heavy atom. The van der Waals surface area contributed by atoms with E-state index in [0.717, 1.165) is 16.3 Å². The summed E-state index contributed by atoms with van der Waals surface area (Å²) in [5.41, 5.74) is 2.39. The van der Waals surface area contributed by atoms with Crippen LogP contribution in [0.4, 0.5) is 5.69 Å². The standard InChI is InChI=1S/C30H35Cl2N3O4S/c1-6-21(3)33-30(37)23(5)34(18-24-9-7-10-25(31)17-24)29(36)19-35(28-12-8-11-27(32)22(28)4)40(38,39)26-15-13-20(2)14-16-26/h7-17,21,23H,6,18-19H2,1-5H3,(H,33,37)/t21-,23+/m1/s1. The van der Waals surface area contributed by atoms with Crippen molar-refractivity contribution in [2.24, 2.45) is 0 Å². The first-order valence-electron chi connectivity index (χ1n) is 13.0. The molecule has 1 N–H and O–H groups in total. The summed E-state index contributed by atoms with van der Waals surface area (Å²) in [6.45, 7) is 8.53. The number of amides is 2. The maximum absolute atomic E-state index is 14.0. The number of carbonyl (C=O) groups is 2. The van der Waals surface area contributed by atoms with E-state index in [0.29, 0.717) is 21.2 Å². The fraction of sp³-hybridized carbons (Fsp3) is 0.333. The monoisotopic (exact) mass is 603 g/mol. The molecule has 10 heteroatoms. The molecule has 7 nitrogen and oxygen atoms in total. The summed E-state index contributed by atoms with van der Waals surface area (Å²) < 4.78 is 29.0. The molecule has 3 rings (SSSR count). The first kappa shape index (κ1) is 31.5. The molecule has 0 aromatic heterocycles. The molecular formula is C30H35Cl2N3O4S. The van der Waals surface area contributed by atoms with E-state index in [1.165, 1.54) is 17.0 Å². The predicted octanol–water partition coefficient (Wildman–Crippen LogP) is 6.14. The zero-order chi connectivity index (χ0) is 29.6. The second kappa shape index (κ2) is 13.5. The first-order chi connectivity index (χ1) is 18.8. The van der Waals surface area contributed by atoms with E-state index < -0.39 is 28.5 Å². The fourth-order valence-electron chi connectivity index (χ4n) is 4.10. The summed E-state index contributed by atoms with van der Waals surface area (Å²) in [5.74, 6) is -0.890. The van der Waals surface area contributed by atoms with Crippen LogP contribution in [0.5, 0.6) is 0 Å². The molecule has 0 saturated heterocycles. The van der Waals surface area contributed by atoms with Gasteiger partial charge in [-0.1, -0.05) is 66.0 Å². The Bertz CT molecular complexity index is 1460. The molecule has 0 bridgehead atoms. The molecule has 3 aromatic carbocycles. The molecule has 40 heavy (non-hydrogen) atoms. The van der Waals surface area contributed by atoms with Crippen LogP contribution in [0.3, 0.4) is 0 Å². The van der Waals surface area contributed by atoms with Gasteiger partial charge in [0.1, 0.15) is 12.6 Å². The number of hydrogen-bond acceptors (Lipinski definition) is 4. The number of benzene rings is 3. The van der Waals surface area contributed by atoms with Crippen LogP contribution in [-0.2, 0) is 26.2 Å². The fourth-order valence-corrected chi connectivity index (χ4v) is 5.95. The average molecular weight is 605 g/mol. The van der Waals surface area contributed by atoms with Gasteiger partial charge in [0.15, 0.2) is 0 Å². The van der Waals surface area contributed by atoms with Crippen LogP contribution >= 0.6 is 23.2 Å². The summed E-state index contributed by atoms with van der Waals surface area (Å²) in [6.07, 6.45) is 0.720. The highest BCUT2D eigenvalue weighted by atomic mass is 35.5. The van der Waals surface area contributed by atoms with Crippen molar-refractivity contribution in [1.82, 2.24) is 10.2 Å². The second-order valence-electron chi connectivity index (χ2n) is 9.85. The summed E-state index contributed by atoms with van der Waals surface area (Å²) in [6, 6.07) is 17.3. The lowest BCUT2D eigenvalue weighted by atomic mass is 10.1. The lowest BCUT2D eigenvalue weighted by Gasteiger charge is -2.33. The minimum atomic E-state index is -4.18. The Kier molecular flexibility index (Phi) is 10.6. The molecule has 3 aromatic rings. The van der Waals surface area contributed by atoms with Crippen LogP contribution in [0.15, 0.2) is 71.6 Å². The Hall–Kier alpha value is -3.07. The summed E-state index contributed by atoms with van der Waals surface area (Å²) in [4.78, 5) is 28.6. The number of sulfonamides is 1. The maximum Gasteiger partial charge on any atom is 0.264 e. The van der Waals surface area contributed by atoms with E-state index >= 15 is 0 Å². The first-order valence-corrected chi connectivity index (χ1v) is 15.2. The molecule has 0 heterocycles.